The molecule has 0 saturated carbocycles. The molecule has 0 saturated heterocycles. The minimum Gasteiger partial charge on any atom is -0.497 e. The van der Waals surface area contributed by atoms with Crippen LogP contribution in [-0.2, 0) is 4.79 Å². The first-order valence-corrected chi connectivity index (χ1v) is 6.41. The molecule has 0 aliphatic heterocycles. The van der Waals surface area contributed by atoms with Crippen LogP contribution in [0, 0.1) is 11.3 Å². The number of carboxylic acids is 1. The Hall–Kier alpha value is -2.55. The number of nitrogens with zero attached hydrogens (tertiary/aromatic N) is 2. The van der Waals surface area contributed by atoms with Gasteiger partial charge in [-0.1, -0.05) is 6.07 Å². The van der Waals surface area contributed by atoms with Gasteiger partial charge in [0.2, 0.25) is 0 Å². The molecule has 6 heteroatoms. The maximum atomic E-state index is 12.6. The van der Waals surface area contributed by atoms with Gasteiger partial charge >= 0.3 is 5.97 Å². The number of amides is 1. The lowest BCUT2D eigenvalue weighted by molar-refractivity contribution is -0.147. The van der Waals surface area contributed by atoms with Crippen molar-refractivity contribution >= 4 is 11.9 Å². The van der Waals surface area contributed by atoms with E-state index in [1.807, 2.05) is 6.07 Å². The summed E-state index contributed by atoms with van der Waals surface area (Å²) in [7, 11) is 1.48. The molecule has 0 spiro atoms. The van der Waals surface area contributed by atoms with Gasteiger partial charge in [0.1, 0.15) is 11.3 Å². The molecule has 6 nitrogen and oxygen atoms in total. The Morgan fingerprint density at radius 1 is 1.43 bits per heavy atom. The first-order valence-electron chi connectivity index (χ1n) is 6.41. The van der Waals surface area contributed by atoms with Gasteiger partial charge in [0.05, 0.1) is 19.6 Å². The van der Waals surface area contributed by atoms with Gasteiger partial charge in [0, 0.05) is 12.1 Å². The van der Waals surface area contributed by atoms with E-state index in [1.165, 1.54) is 25.9 Å². The Morgan fingerprint density at radius 2 is 2.10 bits per heavy atom. The third-order valence-corrected chi connectivity index (χ3v) is 3.21. The number of rotatable bonds is 6. The molecule has 0 aromatic heterocycles. The van der Waals surface area contributed by atoms with Gasteiger partial charge in [-0.05, 0) is 32.0 Å². The predicted octanol–water partition coefficient (Wildman–Crippen LogP) is 1.91. The molecular weight excluding hydrogens is 272 g/mol. The number of ether oxygens (including phenoxy) is 1. The summed E-state index contributed by atoms with van der Waals surface area (Å²) in [5.74, 6) is -1.07. The monoisotopic (exact) mass is 290 g/mol. The summed E-state index contributed by atoms with van der Waals surface area (Å²) >= 11 is 0. The van der Waals surface area contributed by atoms with E-state index in [1.54, 1.807) is 24.3 Å². The summed E-state index contributed by atoms with van der Waals surface area (Å²) in [6.07, 6.45) is 0.0619. The molecule has 0 fully saturated rings. The largest absolute Gasteiger partial charge is 0.497 e. The highest BCUT2D eigenvalue weighted by Gasteiger charge is 2.38. The van der Waals surface area contributed by atoms with Crippen LogP contribution in [0.2, 0.25) is 0 Å². The highest BCUT2D eigenvalue weighted by Crippen LogP contribution is 2.21. The van der Waals surface area contributed by atoms with Crippen LogP contribution in [0.4, 0.5) is 0 Å². The Bertz CT molecular complexity index is 575. The number of nitriles is 1. The third kappa shape index (κ3) is 3.72. The van der Waals surface area contributed by atoms with Gasteiger partial charge in [-0.15, -0.1) is 0 Å². The Balaban J connectivity index is 3.16. The van der Waals surface area contributed by atoms with Gasteiger partial charge < -0.3 is 14.7 Å². The number of carbonyl (C=O) groups is 2. The zero-order valence-corrected chi connectivity index (χ0v) is 12.3. The lowest BCUT2D eigenvalue weighted by Gasteiger charge is -2.34. The third-order valence-electron chi connectivity index (χ3n) is 3.21. The van der Waals surface area contributed by atoms with E-state index in [-0.39, 0.29) is 13.0 Å². The average molecular weight is 290 g/mol. The smallest absolute Gasteiger partial charge is 0.329 e. The molecule has 1 N–H and O–H groups in total. The van der Waals surface area contributed by atoms with E-state index in [0.717, 1.165) is 0 Å². The van der Waals surface area contributed by atoms with Crippen molar-refractivity contribution in [3.63, 3.8) is 0 Å². The van der Waals surface area contributed by atoms with Crippen molar-refractivity contribution in [1.82, 2.24) is 4.90 Å². The van der Waals surface area contributed by atoms with Gasteiger partial charge in [-0.3, -0.25) is 4.79 Å². The van der Waals surface area contributed by atoms with Crippen LogP contribution >= 0.6 is 0 Å². The Kier molecular flexibility index (Phi) is 5.30. The van der Waals surface area contributed by atoms with Crippen molar-refractivity contribution in [2.24, 2.45) is 0 Å². The number of aliphatic carboxylic acids is 1. The minimum atomic E-state index is -1.41. The Morgan fingerprint density at radius 3 is 2.62 bits per heavy atom. The summed E-state index contributed by atoms with van der Waals surface area (Å²) in [5.41, 5.74) is -1.08. The second kappa shape index (κ2) is 6.75. The summed E-state index contributed by atoms with van der Waals surface area (Å²) in [6.45, 7) is 2.92. The molecule has 0 unspecified atom stereocenters. The van der Waals surface area contributed by atoms with Gasteiger partial charge in [-0.25, -0.2) is 4.79 Å². The van der Waals surface area contributed by atoms with Gasteiger partial charge in [0.15, 0.2) is 0 Å². The minimum absolute atomic E-state index is 0.0475. The molecule has 0 radical (unpaired) electrons. The van der Waals surface area contributed by atoms with Crippen molar-refractivity contribution in [3.8, 4) is 11.8 Å². The fourth-order valence-electron chi connectivity index (χ4n) is 1.82. The highest BCUT2D eigenvalue weighted by molar-refractivity contribution is 5.98. The van der Waals surface area contributed by atoms with Crippen molar-refractivity contribution in [2.45, 2.75) is 25.8 Å². The fraction of sp³-hybridized carbons (Fsp3) is 0.400. The summed E-state index contributed by atoms with van der Waals surface area (Å²) in [5, 5.41) is 18.0. The number of methoxy groups -OCH3 is 1. The second-order valence-corrected chi connectivity index (χ2v) is 4.96. The number of hydrogen-bond donors (Lipinski definition) is 1. The number of hydrogen-bond acceptors (Lipinski definition) is 4. The highest BCUT2D eigenvalue weighted by atomic mass is 16.5. The van der Waals surface area contributed by atoms with Crippen LogP contribution in [0.3, 0.4) is 0 Å². The second-order valence-electron chi connectivity index (χ2n) is 4.96. The molecule has 1 amide bonds. The summed E-state index contributed by atoms with van der Waals surface area (Å²) in [4.78, 5) is 25.1. The number of carboxylic acid groups (broad SMARTS) is 1. The van der Waals surface area contributed by atoms with Crippen LogP contribution in [0.5, 0.6) is 5.75 Å². The van der Waals surface area contributed by atoms with Crippen molar-refractivity contribution in [3.05, 3.63) is 29.8 Å². The van der Waals surface area contributed by atoms with Crippen LogP contribution < -0.4 is 4.74 Å². The lowest BCUT2D eigenvalue weighted by Crippen LogP contribution is -2.53. The summed E-state index contributed by atoms with van der Waals surface area (Å²) in [6, 6.07) is 8.40. The number of carbonyl (C=O) groups excluding carboxylic acids is 1. The maximum absolute atomic E-state index is 12.6. The van der Waals surface area contributed by atoms with Gasteiger partial charge in [-0.2, -0.15) is 5.26 Å². The SMILES string of the molecule is COc1cccc(C(=O)N(CCC#N)C(C)(C)C(=O)O)c1. The number of benzene rings is 1. The van der Waals surface area contributed by atoms with E-state index in [4.69, 9.17) is 10.00 Å². The van der Waals surface area contributed by atoms with E-state index >= 15 is 0 Å². The topological polar surface area (TPSA) is 90.6 Å². The molecular formula is C15H18N2O4. The zero-order valence-electron chi connectivity index (χ0n) is 12.3. The van der Waals surface area contributed by atoms with Crippen molar-refractivity contribution < 1.29 is 19.4 Å². The van der Waals surface area contributed by atoms with E-state index in [0.29, 0.717) is 11.3 Å². The molecule has 21 heavy (non-hydrogen) atoms. The molecule has 112 valence electrons. The fourth-order valence-corrected chi connectivity index (χ4v) is 1.82. The normalized spacial score (nSPS) is 10.6. The first kappa shape index (κ1) is 16.5. The van der Waals surface area contributed by atoms with E-state index in [9.17, 15) is 14.7 Å². The predicted molar refractivity (Wildman–Crippen MR) is 76.0 cm³/mol. The van der Waals surface area contributed by atoms with Crippen molar-refractivity contribution in [2.75, 3.05) is 13.7 Å². The molecule has 1 aromatic carbocycles. The zero-order chi connectivity index (χ0) is 16.0. The van der Waals surface area contributed by atoms with Crippen LogP contribution in [0.25, 0.3) is 0 Å². The Labute approximate surface area is 123 Å². The molecule has 0 atom stereocenters. The molecule has 0 bridgehead atoms. The first-order chi connectivity index (χ1) is 9.84. The van der Waals surface area contributed by atoms with Crippen LogP contribution in [0.15, 0.2) is 24.3 Å². The summed E-state index contributed by atoms with van der Waals surface area (Å²) < 4.78 is 5.06. The molecule has 0 aliphatic rings. The molecule has 1 aromatic rings. The van der Waals surface area contributed by atoms with Crippen LogP contribution in [-0.4, -0.2) is 41.1 Å². The molecule has 0 aliphatic carbocycles. The van der Waals surface area contributed by atoms with Crippen molar-refractivity contribution in [1.29, 1.82) is 5.26 Å². The quantitative estimate of drug-likeness (QED) is 0.864. The average Bonchev–Trinajstić information content (AvgIpc) is 2.47. The van der Waals surface area contributed by atoms with Gasteiger partial charge in [0.25, 0.3) is 5.91 Å². The van der Waals surface area contributed by atoms with E-state index < -0.39 is 17.4 Å². The maximum Gasteiger partial charge on any atom is 0.329 e. The molecule has 1 rings (SSSR count). The molecule has 0 heterocycles. The standard InChI is InChI=1S/C15H18N2O4/c1-15(2,14(19)20)17(9-5-8-16)13(18)11-6-4-7-12(10-11)21-3/h4,6-7,10H,5,9H2,1-3H3,(H,19,20). The lowest BCUT2D eigenvalue weighted by atomic mass is 10.0. The van der Waals surface area contributed by atoms with Crippen LogP contribution in [0.1, 0.15) is 30.6 Å². The van der Waals surface area contributed by atoms with E-state index in [2.05, 4.69) is 0 Å².